The summed E-state index contributed by atoms with van der Waals surface area (Å²) >= 11 is 11.9. The first kappa shape index (κ1) is 18.5. The molecule has 0 saturated carbocycles. The second-order valence-electron chi connectivity index (χ2n) is 6.44. The standard InChI is InChI=1S/C20H17Cl2N5O/c1-12-10-17(28)27-18(14-4-8-16(22)9-5-14)25-19(26-20(27)24-12)23-11-13-2-6-15(21)7-3-13/h2-10,18H,11H2,1H3,(H2,23,24,25,26)/t18-/m0/s1. The quantitative estimate of drug-likeness (QED) is 0.680. The normalized spacial score (nSPS) is 17.0. The number of benzene rings is 2. The number of rotatable bonds is 3. The van der Waals surface area contributed by atoms with E-state index in [1.54, 1.807) is 23.6 Å². The fraction of sp³-hybridized carbons (Fsp3) is 0.150. The van der Waals surface area contributed by atoms with Gasteiger partial charge in [-0.2, -0.15) is 0 Å². The number of nitrogens with one attached hydrogen (secondary N) is 2. The smallest absolute Gasteiger partial charge is 0.257 e. The van der Waals surface area contributed by atoms with Gasteiger partial charge in [-0.1, -0.05) is 47.5 Å². The largest absolute Gasteiger partial charge is 0.331 e. The highest BCUT2D eigenvalue weighted by Crippen LogP contribution is 2.23. The first-order chi connectivity index (χ1) is 13.5. The summed E-state index contributed by atoms with van der Waals surface area (Å²) in [5, 5.41) is 7.70. The molecule has 2 N–H and O–H groups in total. The van der Waals surface area contributed by atoms with Crippen LogP contribution in [0.4, 0.5) is 5.95 Å². The van der Waals surface area contributed by atoms with E-state index in [1.807, 2.05) is 36.4 Å². The molecular formula is C20H17Cl2N5O. The van der Waals surface area contributed by atoms with Crippen LogP contribution >= 0.6 is 23.2 Å². The molecule has 0 radical (unpaired) electrons. The lowest BCUT2D eigenvalue weighted by molar-refractivity contribution is 0.515. The monoisotopic (exact) mass is 413 g/mol. The summed E-state index contributed by atoms with van der Waals surface area (Å²) in [6.07, 6.45) is -0.446. The molecule has 4 rings (SSSR count). The Morgan fingerprint density at radius 3 is 2.39 bits per heavy atom. The molecule has 0 unspecified atom stereocenters. The van der Waals surface area contributed by atoms with E-state index < -0.39 is 6.17 Å². The SMILES string of the molecule is Cc1cc(=O)n2c(n1)NC(=NCc1ccc(Cl)cc1)N[C@@H]2c1ccc(Cl)cc1. The maximum absolute atomic E-state index is 12.6. The highest BCUT2D eigenvalue weighted by atomic mass is 35.5. The van der Waals surface area contributed by atoms with Crippen LogP contribution in [0.15, 0.2) is 64.4 Å². The first-order valence-corrected chi connectivity index (χ1v) is 9.43. The number of fused-ring (bicyclic) bond motifs is 1. The molecule has 2 aromatic carbocycles. The number of aryl methyl sites for hydroxylation is 1. The molecule has 0 fully saturated rings. The molecule has 0 amide bonds. The van der Waals surface area contributed by atoms with Gasteiger partial charge >= 0.3 is 0 Å². The summed E-state index contributed by atoms with van der Waals surface area (Å²) in [4.78, 5) is 21.7. The molecule has 1 atom stereocenters. The predicted octanol–water partition coefficient (Wildman–Crippen LogP) is 3.98. The van der Waals surface area contributed by atoms with Crippen molar-refractivity contribution in [2.45, 2.75) is 19.6 Å². The number of anilines is 1. The minimum absolute atomic E-state index is 0.154. The molecule has 1 aromatic heterocycles. The molecule has 0 aliphatic carbocycles. The van der Waals surface area contributed by atoms with Crippen molar-refractivity contribution in [1.82, 2.24) is 14.9 Å². The van der Waals surface area contributed by atoms with Gasteiger partial charge in [-0.25, -0.2) is 9.98 Å². The topological polar surface area (TPSA) is 71.3 Å². The molecule has 2 heterocycles. The fourth-order valence-electron chi connectivity index (χ4n) is 3.00. The molecule has 142 valence electrons. The Kier molecular flexibility index (Phi) is 5.07. The third-order valence-corrected chi connectivity index (χ3v) is 4.86. The van der Waals surface area contributed by atoms with Crippen molar-refractivity contribution in [3.05, 3.63) is 91.8 Å². The lowest BCUT2D eigenvalue weighted by Crippen LogP contribution is -2.48. The maximum Gasteiger partial charge on any atom is 0.257 e. The van der Waals surface area contributed by atoms with Crippen molar-refractivity contribution >= 4 is 35.1 Å². The number of hydrogen-bond acceptors (Lipinski definition) is 3. The Labute approximate surface area is 171 Å². The number of aliphatic imine (C=N–C) groups is 1. The second-order valence-corrected chi connectivity index (χ2v) is 7.32. The zero-order valence-electron chi connectivity index (χ0n) is 15.0. The molecule has 3 aromatic rings. The summed E-state index contributed by atoms with van der Waals surface area (Å²) in [6.45, 7) is 2.24. The van der Waals surface area contributed by atoms with Gasteiger partial charge in [0, 0.05) is 21.8 Å². The average molecular weight is 414 g/mol. The molecule has 1 aliphatic heterocycles. The average Bonchev–Trinajstić information content (AvgIpc) is 2.67. The number of aromatic nitrogens is 2. The Hall–Kier alpha value is -2.83. The lowest BCUT2D eigenvalue weighted by atomic mass is 10.1. The minimum atomic E-state index is -0.446. The molecule has 0 spiro atoms. The van der Waals surface area contributed by atoms with E-state index in [0.717, 1.165) is 11.1 Å². The van der Waals surface area contributed by atoms with Crippen molar-refractivity contribution < 1.29 is 0 Å². The number of halogens is 2. The van der Waals surface area contributed by atoms with Crippen molar-refractivity contribution in [3.8, 4) is 0 Å². The van der Waals surface area contributed by atoms with Gasteiger partial charge in [0.25, 0.3) is 5.56 Å². The van der Waals surface area contributed by atoms with Crippen LogP contribution in [0, 0.1) is 6.92 Å². The summed E-state index contributed by atoms with van der Waals surface area (Å²) in [5.74, 6) is 0.978. The van der Waals surface area contributed by atoms with Crippen LogP contribution in [0.2, 0.25) is 10.0 Å². The van der Waals surface area contributed by atoms with Crippen LogP contribution in [0.25, 0.3) is 0 Å². The minimum Gasteiger partial charge on any atom is -0.331 e. The van der Waals surface area contributed by atoms with E-state index in [4.69, 9.17) is 23.2 Å². The van der Waals surface area contributed by atoms with E-state index in [9.17, 15) is 4.79 Å². The number of hydrogen-bond donors (Lipinski definition) is 2. The van der Waals surface area contributed by atoms with E-state index in [-0.39, 0.29) is 5.56 Å². The summed E-state index contributed by atoms with van der Waals surface area (Å²) in [7, 11) is 0. The van der Waals surface area contributed by atoms with Gasteiger partial charge in [0.05, 0.1) is 6.54 Å². The third kappa shape index (κ3) is 3.88. The molecule has 8 heteroatoms. The van der Waals surface area contributed by atoms with E-state index in [1.165, 1.54) is 6.07 Å². The van der Waals surface area contributed by atoms with Gasteiger partial charge in [-0.05, 0) is 42.3 Å². The van der Waals surface area contributed by atoms with Crippen LogP contribution in [0.3, 0.4) is 0 Å². The van der Waals surface area contributed by atoms with E-state index >= 15 is 0 Å². The van der Waals surface area contributed by atoms with Gasteiger partial charge in [-0.15, -0.1) is 0 Å². The van der Waals surface area contributed by atoms with Gasteiger partial charge in [0.2, 0.25) is 5.95 Å². The maximum atomic E-state index is 12.6. The zero-order chi connectivity index (χ0) is 19.7. The molecule has 28 heavy (non-hydrogen) atoms. The second kappa shape index (κ2) is 7.66. The summed E-state index contributed by atoms with van der Waals surface area (Å²) in [6, 6.07) is 16.3. The van der Waals surface area contributed by atoms with Gasteiger partial charge in [0.15, 0.2) is 5.96 Å². The molecule has 0 saturated heterocycles. The Morgan fingerprint density at radius 2 is 1.71 bits per heavy atom. The fourth-order valence-corrected chi connectivity index (χ4v) is 3.25. The Morgan fingerprint density at radius 1 is 1.07 bits per heavy atom. The summed E-state index contributed by atoms with van der Waals surface area (Å²) < 4.78 is 1.57. The van der Waals surface area contributed by atoms with Crippen LogP contribution in [0.5, 0.6) is 0 Å². The highest BCUT2D eigenvalue weighted by Gasteiger charge is 2.26. The highest BCUT2D eigenvalue weighted by molar-refractivity contribution is 6.30. The lowest BCUT2D eigenvalue weighted by Gasteiger charge is -2.31. The van der Waals surface area contributed by atoms with Gasteiger partial charge in [0.1, 0.15) is 6.17 Å². The van der Waals surface area contributed by atoms with Crippen molar-refractivity contribution in [3.63, 3.8) is 0 Å². The number of guanidine groups is 1. The van der Waals surface area contributed by atoms with Crippen molar-refractivity contribution in [2.75, 3.05) is 5.32 Å². The first-order valence-electron chi connectivity index (χ1n) is 8.68. The third-order valence-electron chi connectivity index (χ3n) is 4.36. The predicted molar refractivity (Wildman–Crippen MR) is 112 cm³/mol. The van der Waals surface area contributed by atoms with Crippen LogP contribution < -0.4 is 16.2 Å². The van der Waals surface area contributed by atoms with Crippen LogP contribution in [0.1, 0.15) is 23.0 Å². The van der Waals surface area contributed by atoms with Crippen LogP contribution in [-0.2, 0) is 6.54 Å². The van der Waals surface area contributed by atoms with Gasteiger partial charge < -0.3 is 5.32 Å². The molecule has 0 bridgehead atoms. The van der Waals surface area contributed by atoms with Crippen LogP contribution in [-0.4, -0.2) is 15.5 Å². The van der Waals surface area contributed by atoms with E-state index in [0.29, 0.717) is 34.2 Å². The zero-order valence-corrected chi connectivity index (χ0v) is 16.5. The Balaban J connectivity index is 1.71. The van der Waals surface area contributed by atoms with Gasteiger partial charge in [-0.3, -0.25) is 14.7 Å². The number of nitrogens with zero attached hydrogens (tertiary/aromatic N) is 3. The molecule has 1 aliphatic rings. The van der Waals surface area contributed by atoms with E-state index in [2.05, 4.69) is 20.6 Å². The van der Waals surface area contributed by atoms with Crippen molar-refractivity contribution in [1.29, 1.82) is 0 Å². The molecular weight excluding hydrogens is 397 g/mol. The van der Waals surface area contributed by atoms with Crippen molar-refractivity contribution in [2.24, 2.45) is 4.99 Å². The summed E-state index contributed by atoms with van der Waals surface area (Å²) in [5.41, 5.74) is 2.37. The Bertz CT molecular complexity index is 1090. The molecule has 6 nitrogen and oxygen atoms in total.